The molecule has 0 saturated heterocycles. The van der Waals surface area contributed by atoms with Gasteiger partial charge < -0.3 is 29.0 Å². The molecule has 1 N–H and O–H groups in total. The molecule has 0 heterocycles. The molecule has 0 aliphatic carbocycles. The Balaban J connectivity index is 2.29. The van der Waals surface area contributed by atoms with Gasteiger partial charge in [-0.05, 0) is 29.8 Å². The maximum atomic E-state index is 11.6. The Labute approximate surface area is 164 Å². The molecule has 28 heavy (non-hydrogen) atoms. The van der Waals surface area contributed by atoms with Crippen molar-refractivity contribution in [3.8, 4) is 17.2 Å². The Bertz CT molecular complexity index is 801. The molecule has 1 amide bonds. The maximum Gasteiger partial charge on any atom is 0.221 e. The number of nitrogens with one attached hydrogen (secondary N) is 1. The summed E-state index contributed by atoms with van der Waals surface area (Å²) in [6, 6.07) is 12.9. The van der Waals surface area contributed by atoms with Crippen LogP contribution in [0, 0.1) is 0 Å². The predicted octanol–water partition coefficient (Wildman–Crippen LogP) is 3.34. The summed E-state index contributed by atoms with van der Waals surface area (Å²) in [5.41, 5.74) is 2.08. The van der Waals surface area contributed by atoms with Gasteiger partial charge in [0.2, 0.25) is 5.91 Å². The number of rotatable bonds is 10. The van der Waals surface area contributed by atoms with Crippen molar-refractivity contribution in [1.82, 2.24) is 5.32 Å². The molecule has 0 spiro atoms. The summed E-state index contributed by atoms with van der Waals surface area (Å²) in [4.78, 5) is 11.6. The first-order valence-electron chi connectivity index (χ1n) is 8.59. The lowest BCUT2D eigenvalue weighted by Crippen LogP contribution is -2.19. The lowest BCUT2D eigenvalue weighted by atomic mass is 10.1. The first-order valence-corrected chi connectivity index (χ1v) is 8.59. The first-order chi connectivity index (χ1) is 13.6. The summed E-state index contributed by atoms with van der Waals surface area (Å²) >= 11 is 0. The van der Waals surface area contributed by atoms with Crippen LogP contribution in [-0.2, 0) is 20.9 Å². The van der Waals surface area contributed by atoms with Crippen molar-refractivity contribution < 1.29 is 28.5 Å². The highest BCUT2D eigenvalue weighted by molar-refractivity contribution is 5.86. The molecule has 0 bridgehead atoms. The van der Waals surface area contributed by atoms with E-state index < -0.39 is 0 Å². The third kappa shape index (κ3) is 6.21. The van der Waals surface area contributed by atoms with Crippen LogP contribution in [0.4, 0.5) is 0 Å². The van der Waals surface area contributed by atoms with Crippen molar-refractivity contribution in [3.05, 3.63) is 59.9 Å². The molecule has 150 valence electrons. The molecule has 0 aromatic heterocycles. The highest BCUT2D eigenvalue weighted by Crippen LogP contribution is 2.30. The summed E-state index contributed by atoms with van der Waals surface area (Å²) in [5.74, 6) is 1.71. The fourth-order valence-electron chi connectivity index (χ4n) is 2.39. The van der Waals surface area contributed by atoms with Gasteiger partial charge in [-0.2, -0.15) is 0 Å². The third-order valence-corrected chi connectivity index (χ3v) is 3.73. The van der Waals surface area contributed by atoms with Crippen molar-refractivity contribution in [3.63, 3.8) is 0 Å². The zero-order valence-corrected chi connectivity index (χ0v) is 16.5. The van der Waals surface area contributed by atoms with Gasteiger partial charge in [-0.3, -0.25) is 4.79 Å². The zero-order valence-electron chi connectivity index (χ0n) is 16.5. The number of hydrogen-bond acceptors (Lipinski definition) is 6. The molecule has 0 aliphatic rings. The van der Waals surface area contributed by atoms with E-state index in [-0.39, 0.29) is 12.7 Å². The standard InChI is InChI=1S/C21H25NO6/c1-15(23)22-20(13-27-14-24-2)19-10-9-18(26-4)11-21(19)28-12-16-5-7-17(25-3)8-6-16/h5-11,13H,12,14H2,1-4H3,(H,22,23)/b20-13+. The van der Waals surface area contributed by atoms with E-state index in [4.69, 9.17) is 23.7 Å². The third-order valence-electron chi connectivity index (χ3n) is 3.73. The highest BCUT2D eigenvalue weighted by Gasteiger charge is 2.13. The van der Waals surface area contributed by atoms with Gasteiger partial charge in [0.15, 0.2) is 6.79 Å². The number of methoxy groups -OCH3 is 3. The number of amides is 1. The van der Waals surface area contributed by atoms with E-state index >= 15 is 0 Å². The van der Waals surface area contributed by atoms with Crippen molar-refractivity contribution in [2.24, 2.45) is 0 Å². The van der Waals surface area contributed by atoms with Crippen LogP contribution in [0.3, 0.4) is 0 Å². The molecular weight excluding hydrogens is 362 g/mol. The largest absolute Gasteiger partial charge is 0.497 e. The smallest absolute Gasteiger partial charge is 0.221 e. The second-order valence-corrected chi connectivity index (χ2v) is 5.78. The Morgan fingerprint density at radius 3 is 2.29 bits per heavy atom. The van der Waals surface area contributed by atoms with Crippen LogP contribution < -0.4 is 19.5 Å². The molecule has 0 atom stereocenters. The minimum Gasteiger partial charge on any atom is -0.497 e. The summed E-state index contributed by atoms with van der Waals surface area (Å²) in [5, 5.41) is 2.75. The lowest BCUT2D eigenvalue weighted by molar-refractivity contribution is -0.117. The summed E-state index contributed by atoms with van der Waals surface area (Å²) < 4.78 is 26.7. The minimum absolute atomic E-state index is 0.0568. The number of carbonyl (C=O) groups excluding carboxylic acids is 1. The molecular formula is C21H25NO6. The molecule has 7 nitrogen and oxygen atoms in total. The number of benzene rings is 2. The average molecular weight is 387 g/mol. The molecule has 0 radical (unpaired) electrons. The second-order valence-electron chi connectivity index (χ2n) is 5.78. The minimum atomic E-state index is -0.232. The van der Waals surface area contributed by atoms with Crippen LogP contribution in [0.25, 0.3) is 5.70 Å². The molecule has 2 aromatic carbocycles. The second kappa shape index (κ2) is 10.8. The van der Waals surface area contributed by atoms with E-state index in [9.17, 15) is 4.79 Å². The van der Waals surface area contributed by atoms with Crippen LogP contribution >= 0.6 is 0 Å². The van der Waals surface area contributed by atoms with Crippen LogP contribution in [0.15, 0.2) is 48.7 Å². The van der Waals surface area contributed by atoms with Crippen molar-refractivity contribution in [2.45, 2.75) is 13.5 Å². The molecule has 2 aromatic rings. The van der Waals surface area contributed by atoms with Gasteiger partial charge >= 0.3 is 0 Å². The number of ether oxygens (including phenoxy) is 5. The van der Waals surface area contributed by atoms with Crippen molar-refractivity contribution in [2.75, 3.05) is 28.1 Å². The maximum absolute atomic E-state index is 11.6. The molecule has 2 rings (SSSR count). The number of hydrogen-bond donors (Lipinski definition) is 1. The van der Waals surface area contributed by atoms with Gasteiger partial charge in [0.05, 0.1) is 19.9 Å². The van der Waals surface area contributed by atoms with Crippen molar-refractivity contribution >= 4 is 11.6 Å². The fourth-order valence-corrected chi connectivity index (χ4v) is 2.39. The highest BCUT2D eigenvalue weighted by atomic mass is 16.7. The Morgan fingerprint density at radius 2 is 1.68 bits per heavy atom. The molecule has 0 unspecified atom stereocenters. The van der Waals surface area contributed by atoms with Gasteiger partial charge in [0.25, 0.3) is 0 Å². The van der Waals surface area contributed by atoms with Gasteiger partial charge in [-0.15, -0.1) is 0 Å². The van der Waals surface area contributed by atoms with E-state index in [2.05, 4.69) is 5.32 Å². The topological polar surface area (TPSA) is 75.3 Å². The lowest BCUT2D eigenvalue weighted by Gasteiger charge is -2.16. The Kier molecular flexibility index (Phi) is 8.17. The zero-order chi connectivity index (χ0) is 20.4. The van der Waals surface area contributed by atoms with Crippen LogP contribution in [0.2, 0.25) is 0 Å². The molecule has 0 fully saturated rings. The van der Waals surface area contributed by atoms with E-state index in [1.165, 1.54) is 20.3 Å². The molecule has 0 aliphatic heterocycles. The Hall–Kier alpha value is -3.19. The summed E-state index contributed by atoms with van der Waals surface area (Å²) in [6.07, 6.45) is 1.42. The van der Waals surface area contributed by atoms with E-state index in [0.29, 0.717) is 29.4 Å². The fraction of sp³-hybridized carbons (Fsp3) is 0.286. The van der Waals surface area contributed by atoms with Crippen LogP contribution in [0.1, 0.15) is 18.1 Å². The van der Waals surface area contributed by atoms with Gasteiger partial charge in [-0.25, -0.2) is 0 Å². The monoisotopic (exact) mass is 387 g/mol. The van der Waals surface area contributed by atoms with Gasteiger partial charge in [0, 0.05) is 25.7 Å². The summed E-state index contributed by atoms with van der Waals surface area (Å²) in [6.45, 7) is 1.81. The Morgan fingerprint density at radius 1 is 1.00 bits per heavy atom. The van der Waals surface area contributed by atoms with E-state index in [0.717, 1.165) is 11.3 Å². The van der Waals surface area contributed by atoms with E-state index in [1.807, 2.05) is 24.3 Å². The first kappa shape index (κ1) is 21.1. The average Bonchev–Trinajstić information content (AvgIpc) is 2.71. The predicted molar refractivity (Wildman–Crippen MR) is 105 cm³/mol. The quantitative estimate of drug-likeness (QED) is 0.383. The van der Waals surface area contributed by atoms with Gasteiger partial charge in [0.1, 0.15) is 30.1 Å². The SMILES string of the molecule is COCO/C=C(/NC(C)=O)c1ccc(OC)cc1OCc1ccc(OC)cc1. The normalized spacial score (nSPS) is 10.9. The summed E-state index contributed by atoms with van der Waals surface area (Å²) in [7, 11) is 4.72. The molecule has 7 heteroatoms. The van der Waals surface area contributed by atoms with E-state index in [1.54, 1.807) is 32.4 Å². The van der Waals surface area contributed by atoms with Crippen LogP contribution in [0.5, 0.6) is 17.2 Å². The van der Waals surface area contributed by atoms with Crippen LogP contribution in [-0.4, -0.2) is 34.0 Å². The van der Waals surface area contributed by atoms with Gasteiger partial charge in [-0.1, -0.05) is 12.1 Å². The number of carbonyl (C=O) groups is 1. The van der Waals surface area contributed by atoms with Crippen molar-refractivity contribution in [1.29, 1.82) is 0 Å². The molecule has 0 saturated carbocycles.